The van der Waals surface area contributed by atoms with Gasteiger partial charge in [0, 0.05) is 15.7 Å². The Morgan fingerprint density at radius 1 is 1.35 bits per heavy atom. The Balaban J connectivity index is 2.12. The van der Waals surface area contributed by atoms with Gasteiger partial charge in [0.25, 0.3) is 0 Å². The maximum Gasteiger partial charge on any atom is 0.0594 e. The number of hydrogen-bond acceptors (Lipinski definition) is 2. The van der Waals surface area contributed by atoms with Gasteiger partial charge in [-0.3, -0.25) is 4.98 Å². The molecular formula is C13H12BrClN2. The molecule has 1 aromatic carbocycles. The Kier molecular flexibility index (Phi) is 4.02. The minimum Gasteiger partial charge on any atom is -0.378 e. The first kappa shape index (κ1) is 12.4. The van der Waals surface area contributed by atoms with Crippen LogP contribution in [-0.2, 0) is 6.54 Å². The number of anilines is 1. The monoisotopic (exact) mass is 310 g/mol. The van der Waals surface area contributed by atoms with Crippen LogP contribution in [0.4, 0.5) is 5.69 Å². The number of pyridine rings is 1. The maximum atomic E-state index is 6.09. The molecule has 4 heteroatoms. The number of aryl methyl sites for hydroxylation is 1. The molecule has 0 saturated heterocycles. The van der Waals surface area contributed by atoms with E-state index in [9.17, 15) is 0 Å². The summed E-state index contributed by atoms with van der Waals surface area (Å²) in [4.78, 5) is 4.25. The third-order valence-corrected chi connectivity index (χ3v) is 3.50. The highest BCUT2D eigenvalue weighted by Gasteiger charge is 2.04. The molecule has 1 heterocycles. The lowest BCUT2D eigenvalue weighted by molar-refractivity contribution is 1.04. The number of nitrogens with zero attached hydrogens (tertiary/aromatic N) is 1. The first-order valence-electron chi connectivity index (χ1n) is 5.26. The normalized spacial score (nSPS) is 10.3. The van der Waals surface area contributed by atoms with Gasteiger partial charge < -0.3 is 5.32 Å². The quantitative estimate of drug-likeness (QED) is 0.907. The second-order valence-electron chi connectivity index (χ2n) is 3.76. The topological polar surface area (TPSA) is 24.9 Å². The largest absolute Gasteiger partial charge is 0.378 e. The fourth-order valence-corrected chi connectivity index (χ4v) is 2.23. The summed E-state index contributed by atoms with van der Waals surface area (Å²) < 4.78 is 1.01. The Bertz CT molecular complexity index is 514. The Labute approximate surface area is 114 Å². The highest BCUT2D eigenvalue weighted by atomic mass is 79.9. The maximum absolute atomic E-state index is 6.09. The second kappa shape index (κ2) is 5.52. The molecule has 17 heavy (non-hydrogen) atoms. The summed E-state index contributed by atoms with van der Waals surface area (Å²) in [5.74, 6) is 0. The second-order valence-corrected chi connectivity index (χ2v) is 5.02. The molecule has 0 unspecified atom stereocenters. The molecule has 0 amide bonds. The van der Waals surface area contributed by atoms with Crippen molar-refractivity contribution in [1.82, 2.24) is 4.98 Å². The van der Waals surface area contributed by atoms with Gasteiger partial charge in [-0.05, 0) is 52.7 Å². The molecule has 2 rings (SSSR count). The highest BCUT2D eigenvalue weighted by molar-refractivity contribution is 9.10. The Morgan fingerprint density at radius 3 is 2.88 bits per heavy atom. The van der Waals surface area contributed by atoms with E-state index in [1.807, 2.05) is 37.3 Å². The Morgan fingerprint density at radius 2 is 2.18 bits per heavy atom. The van der Waals surface area contributed by atoms with Gasteiger partial charge in [-0.2, -0.15) is 0 Å². The van der Waals surface area contributed by atoms with Crippen LogP contribution in [0.25, 0.3) is 0 Å². The van der Waals surface area contributed by atoms with E-state index >= 15 is 0 Å². The van der Waals surface area contributed by atoms with Gasteiger partial charge in [0.05, 0.1) is 17.9 Å². The Hall–Kier alpha value is -1.06. The molecule has 88 valence electrons. The van der Waals surface area contributed by atoms with E-state index < -0.39 is 0 Å². The summed E-state index contributed by atoms with van der Waals surface area (Å²) >= 11 is 9.60. The summed E-state index contributed by atoms with van der Waals surface area (Å²) in [5.41, 5.74) is 3.03. The van der Waals surface area contributed by atoms with Gasteiger partial charge in [-0.1, -0.05) is 17.7 Å². The zero-order valence-electron chi connectivity index (χ0n) is 9.37. The standard InChI is InChI=1S/C13H12BrClN2/c1-9-6-11(14)13(7-12(9)15)17-8-10-4-2-3-5-16-10/h2-7,17H,8H2,1H3. The smallest absolute Gasteiger partial charge is 0.0594 e. The summed E-state index contributed by atoms with van der Waals surface area (Å²) in [6.45, 7) is 2.66. The summed E-state index contributed by atoms with van der Waals surface area (Å²) in [6.07, 6.45) is 1.79. The van der Waals surface area contributed by atoms with Crippen LogP contribution in [0.1, 0.15) is 11.3 Å². The molecule has 0 spiro atoms. The van der Waals surface area contributed by atoms with E-state index in [2.05, 4.69) is 26.2 Å². The molecule has 2 nitrogen and oxygen atoms in total. The molecule has 0 aliphatic carbocycles. The summed E-state index contributed by atoms with van der Waals surface area (Å²) in [7, 11) is 0. The number of rotatable bonds is 3. The van der Waals surface area contributed by atoms with Gasteiger partial charge in [0.2, 0.25) is 0 Å². The molecule has 0 aliphatic heterocycles. The van der Waals surface area contributed by atoms with Crippen molar-refractivity contribution < 1.29 is 0 Å². The van der Waals surface area contributed by atoms with Crippen LogP contribution in [0.3, 0.4) is 0 Å². The van der Waals surface area contributed by atoms with Crippen molar-refractivity contribution >= 4 is 33.2 Å². The van der Waals surface area contributed by atoms with Crippen LogP contribution in [-0.4, -0.2) is 4.98 Å². The van der Waals surface area contributed by atoms with Crippen LogP contribution in [0.15, 0.2) is 41.0 Å². The van der Waals surface area contributed by atoms with Crippen molar-refractivity contribution in [3.05, 3.63) is 57.3 Å². The molecule has 2 aromatic rings. The SMILES string of the molecule is Cc1cc(Br)c(NCc2ccccn2)cc1Cl. The minimum atomic E-state index is 0.679. The number of hydrogen-bond donors (Lipinski definition) is 1. The number of aromatic nitrogens is 1. The van der Waals surface area contributed by atoms with Crippen molar-refractivity contribution in [3.63, 3.8) is 0 Å². The van der Waals surface area contributed by atoms with Crippen LogP contribution >= 0.6 is 27.5 Å². The van der Waals surface area contributed by atoms with Gasteiger partial charge in [-0.25, -0.2) is 0 Å². The van der Waals surface area contributed by atoms with Crippen molar-refractivity contribution in [1.29, 1.82) is 0 Å². The number of nitrogens with one attached hydrogen (secondary N) is 1. The molecule has 0 atom stereocenters. The van der Waals surface area contributed by atoms with Gasteiger partial charge >= 0.3 is 0 Å². The third kappa shape index (κ3) is 3.20. The lowest BCUT2D eigenvalue weighted by Gasteiger charge is -2.10. The van der Waals surface area contributed by atoms with Gasteiger partial charge in [0.1, 0.15) is 0 Å². The molecule has 0 saturated carbocycles. The van der Waals surface area contributed by atoms with E-state index in [1.54, 1.807) is 6.20 Å². The highest BCUT2D eigenvalue weighted by Crippen LogP contribution is 2.29. The van der Waals surface area contributed by atoms with Crippen molar-refractivity contribution in [3.8, 4) is 0 Å². The van der Waals surface area contributed by atoms with E-state index in [0.29, 0.717) is 6.54 Å². The molecule has 1 aromatic heterocycles. The molecule has 0 aliphatic rings. The van der Waals surface area contributed by atoms with Crippen LogP contribution in [0.2, 0.25) is 5.02 Å². The van der Waals surface area contributed by atoms with E-state index in [-0.39, 0.29) is 0 Å². The first-order valence-corrected chi connectivity index (χ1v) is 6.43. The van der Waals surface area contributed by atoms with Crippen molar-refractivity contribution in [2.45, 2.75) is 13.5 Å². The van der Waals surface area contributed by atoms with E-state index in [4.69, 9.17) is 11.6 Å². The zero-order valence-corrected chi connectivity index (χ0v) is 11.7. The van der Waals surface area contributed by atoms with E-state index in [0.717, 1.165) is 26.4 Å². The molecule has 0 radical (unpaired) electrons. The molecule has 0 fully saturated rings. The average molecular weight is 312 g/mol. The molecule has 0 bridgehead atoms. The van der Waals surface area contributed by atoms with Crippen molar-refractivity contribution in [2.24, 2.45) is 0 Å². The summed E-state index contributed by atoms with van der Waals surface area (Å²) in [6, 6.07) is 9.78. The van der Waals surface area contributed by atoms with Gasteiger partial charge in [-0.15, -0.1) is 0 Å². The average Bonchev–Trinajstić information content (AvgIpc) is 2.33. The lowest BCUT2D eigenvalue weighted by atomic mass is 10.2. The van der Waals surface area contributed by atoms with Crippen LogP contribution in [0.5, 0.6) is 0 Å². The summed E-state index contributed by atoms with van der Waals surface area (Å²) in [5, 5.41) is 4.06. The minimum absolute atomic E-state index is 0.679. The van der Waals surface area contributed by atoms with Crippen molar-refractivity contribution in [2.75, 3.05) is 5.32 Å². The fourth-order valence-electron chi connectivity index (χ4n) is 1.47. The third-order valence-electron chi connectivity index (χ3n) is 2.43. The number of benzene rings is 1. The zero-order chi connectivity index (χ0) is 12.3. The number of halogens is 2. The van der Waals surface area contributed by atoms with E-state index in [1.165, 1.54) is 0 Å². The fraction of sp³-hybridized carbons (Fsp3) is 0.154. The van der Waals surface area contributed by atoms with Crippen LogP contribution < -0.4 is 5.32 Å². The first-order chi connectivity index (χ1) is 8.16. The van der Waals surface area contributed by atoms with Gasteiger partial charge in [0.15, 0.2) is 0 Å². The predicted molar refractivity (Wildman–Crippen MR) is 75.5 cm³/mol. The molecule has 1 N–H and O–H groups in total. The molecular weight excluding hydrogens is 300 g/mol. The van der Waals surface area contributed by atoms with Crippen LogP contribution in [0, 0.1) is 6.92 Å². The predicted octanol–water partition coefficient (Wildman–Crippen LogP) is 4.42. The lowest BCUT2D eigenvalue weighted by Crippen LogP contribution is -2.02.